The summed E-state index contributed by atoms with van der Waals surface area (Å²) in [5.41, 5.74) is 7.19. The van der Waals surface area contributed by atoms with Gasteiger partial charge in [-0.2, -0.15) is 13.5 Å². The predicted octanol–water partition coefficient (Wildman–Crippen LogP) is 2.87. The third-order valence-electron chi connectivity index (χ3n) is 7.30. The molecule has 172 valence electrons. The number of rotatable bonds is 7. The zero-order chi connectivity index (χ0) is 22.6. The fourth-order valence-electron chi connectivity index (χ4n) is 5.25. The Morgan fingerprint density at radius 1 is 1.12 bits per heavy atom. The van der Waals surface area contributed by atoms with Crippen LogP contribution in [-0.2, 0) is 46.9 Å². The van der Waals surface area contributed by atoms with Crippen molar-refractivity contribution in [3.63, 3.8) is 0 Å². The zero-order valence-corrected chi connectivity index (χ0v) is 20.0. The van der Waals surface area contributed by atoms with Crippen LogP contribution in [0.3, 0.4) is 0 Å². The van der Waals surface area contributed by atoms with Crippen molar-refractivity contribution in [3.05, 3.63) is 45.6 Å². The standard InChI is InChI=1S/C24H32N4O3S/c1-15(27(2)3)22-14-24(25-28(22)18-10-11-18)32(30,31)26-23(29)13-21-19-8-4-6-16(19)12-17-7-5-9-20(17)21/h12,14-15,18H,4-11,13H2,1-3H3,(H,26,29). The highest BCUT2D eigenvalue weighted by atomic mass is 32.2. The summed E-state index contributed by atoms with van der Waals surface area (Å²) in [7, 11) is -0.105. The lowest BCUT2D eigenvalue weighted by Crippen LogP contribution is -2.32. The molecule has 0 bridgehead atoms. The largest absolute Gasteiger partial charge is 0.301 e. The highest BCUT2D eigenvalue weighted by Crippen LogP contribution is 2.38. The Bertz CT molecular complexity index is 1150. The highest BCUT2D eigenvalue weighted by molar-refractivity contribution is 7.90. The van der Waals surface area contributed by atoms with Crippen molar-refractivity contribution in [3.8, 4) is 0 Å². The zero-order valence-electron chi connectivity index (χ0n) is 19.1. The molecule has 7 nitrogen and oxygen atoms in total. The Labute approximate surface area is 190 Å². The minimum Gasteiger partial charge on any atom is -0.301 e. The van der Waals surface area contributed by atoms with Gasteiger partial charge in [0, 0.05) is 12.1 Å². The van der Waals surface area contributed by atoms with Crippen LogP contribution in [0.1, 0.15) is 78.2 Å². The molecule has 1 heterocycles. The number of hydrogen-bond acceptors (Lipinski definition) is 5. The first-order chi connectivity index (χ1) is 15.2. The van der Waals surface area contributed by atoms with Gasteiger partial charge in [-0.1, -0.05) is 6.07 Å². The van der Waals surface area contributed by atoms with Gasteiger partial charge in [-0.3, -0.25) is 9.48 Å². The molecule has 1 aromatic heterocycles. The van der Waals surface area contributed by atoms with E-state index in [0.717, 1.165) is 62.6 Å². The molecule has 8 heteroatoms. The van der Waals surface area contributed by atoms with Crippen LogP contribution >= 0.6 is 0 Å². The van der Waals surface area contributed by atoms with Crippen LogP contribution in [0.4, 0.5) is 0 Å². The SMILES string of the molecule is CC(c1cc(S(=O)(=O)NC(=O)Cc2c3c(cc4c2CCC4)CCC3)nn1C1CC1)N(C)C. The van der Waals surface area contributed by atoms with Gasteiger partial charge in [-0.15, -0.1) is 0 Å². The van der Waals surface area contributed by atoms with Crippen molar-refractivity contribution in [1.82, 2.24) is 19.4 Å². The molecule has 1 N–H and O–H groups in total. The van der Waals surface area contributed by atoms with Gasteiger partial charge in [0.15, 0.2) is 5.03 Å². The number of nitrogens with zero attached hydrogens (tertiary/aromatic N) is 3. The van der Waals surface area contributed by atoms with E-state index in [0.29, 0.717) is 0 Å². The van der Waals surface area contributed by atoms with Crippen LogP contribution in [0.5, 0.6) is 0 Å². The summed E-state index contributed by atoms with van der Waals surface area (Å²) in [5.74, 6) is -0.470. The number of aryl methyl sites for hydroxylation is 2. The van der Waals surface area contributed by atoms with E-state index in [4.69, 9.17) is 0 Å². The molecule has 5 rings (SSSR count). The molecule has 1 amide bonds. The van der Waals surface area contributed by atoms with Crippen molar-refractivity contribution in [1.29, 1.82) is 0 Å². The molecule has 1 unspecified atom stereocenters. The summed E-state index contributed by atoms with van der Waals surface area (Å²) < 4.78 is 30.3. The van der Waals surface area contributed by atoms with Crippen molar-refractivity contribution >= 4 is 15.9 Å². The predicted molar refractivity (Wildman–Crippen MR) is 122 cm³/mol. The Morgan fingerprint density at radius 2 is 1.75 bits per heavy atom. The van der Waals surface area contributed by atoms with Gasteiger partial charge in [0.1, 0.15) is 0 Å². The van der Waals surface area contributed by atoms with E-state index < -0.39 is 15.9 Å². The maximum atomic E-state index is 13.1. The Morgan fingerprint density at radius 3 is 2.31 bits per heavy atom. The quantitative estimate of drug-likeness (QED) is 0.693. The van der Waals surface area contributed by atoms with Crippen molar-refractivity contribution in [2.45, 2.75) is 81.8 Å². The summed E-state index contributed by atoms with van der Waals surface area (Å²) in [6.07, 6.45) is 8.42. The summed E-state index contributed by atoms with van der Waals surface area (Å²) >= 11 is 0. The molecule has 3 aliphatic carbocycles. The van der Waals surface area contributed by atoms with Crippen LogP contribution in [0.2, 0.25) is 0 Å². The fraction of sp³-hybridized carbons (Fsp3) is 0.583. The third kappa shape index (κ3) is 3.88. The van der Waals surface area contributed by atoms with E-state index in [1.807, 2.05) is 30.6 Å². The average molecular weight is 457 g/mol. The van der Waals surface area contributed by atoms with Crippen LogP contribution in [0.25, 0.3) is 0 Å². The Kier molecular flexibility index (Phi) is 5.40. The topological polar surface area (TPSA) is 84.3 Å². The smallest absolute Gasteiger partial charge is 0.283 e. The first-order valence-electron chi connectivity index (χ1n) is 11.7. The second kappa shape index (κ2) is 7.99. The van der Waals surface area contributed by atoms with Gasteiger partial charge < -0.3 is 4.90 Å². The number of benzene rings is 1. The lowest BCUT2D eigenvalue weighted by atomic mass is 9.92. The van der Waals surface area contributed by atoms with Gasteiger partial charge in [0.05, 0.1) is 18.2 Å². The highest BCUT2D eigenvalue weighted by Gasteiger charge is 2.33. The van der Waals surface area contributed by atoms with Crippen LogP contribution in [-0.4, -0.2) is 43.1 Å². The lowest BCUT2D eigenvalue weighted by Gasteiger charge is -2.20. The molecule has 0 spiro atoms. The molecular weight excluding hydrogens is 424 g/mol. The monoisotopic (exact) mass is 456 g/mol. The maximum Gasteiger partial charge on any atom is 0.283 e. The minimum atomic E-state index is -4.02. The molecule has 1 saturated carbocycles. The molecule has 1 aromatic carbocycles. The van der Waals surface area contributed by atoms with Gasteiger partial charge in [-0.25, -0.2) is 4.72 Å². The molecular formula is C24H32N4O3S. The Hall–Kier alpha value is -2.19. The molecule has 3 aliphatic rings. The van der Waals surface area contributed by atoms with E-state index in [9.17, 15) is 13.2 Å². The first kappa shape index (κ1) is 21.6. The number of aromatic nitrogens is 2. The van der Waals surface area contributed by atoms with Crippen LogP contribution in [0, 0.1) is 0 Å². The van der Waals surface area contributed by atoms with Gasteiger partial charge in [0.2, 0.25) is 5.91 Å². The summed E-state index contributed by atoms with van der Waals surface area (Å²) in [5, 5.41) is 4.35. The average Bonchev–Trinajstić information content (AvgIpc) is 3.14. The number of amides is 1. The molecule has 0 radical (unpaired) electrons. The van der Waals surface area contributed by atoms with Crippen LogP contribution in [0.15, 0.2) is 17.2 Å². The minimum absolute atomic E-state index is 0.0252. The van der Waals surface area contributed by atoms with Crippen LogP contribution < -0.4 is 4.72 Å². The van der Waals surface area contributed by atoms with Gasteiger partial charge >= 0.3 is 0 Å². The van der Waals surface area contributed by atoms with Crippen molar-refractivity contribution < 1.29 is 13.2 Å². The summed E-state index contributed by atoms with van der Waals surface area (Å²) in [6, 6.07) is 4.22. The number of hydrogen-bond donors (Lipinski definition) is 1. The van der Waals surface area contributed by atoms with Gasteiger partial charge in [0.25, 0.3) is 10.0 Å². The van der Waals surface area contributed by atoms with E-state index in [1.165, 1.54) is 22.3 Å². The second-order valence-corrected chi connectivity index (χ2v) is 11.4. The van der Waals surface area contributed by atoms with E-state index in [-0.39, 0.29) is 23.5 Å². The molecule has 32 heavy (non-hydrogen) atoms. The number of sulfonamides is 1. The number of carbonyl (C=O) groups excluding carboxylic acids is 1. The van der Waals surface area contributed by atoms with E-state index in [1.54, 1.807) is 6.07 Å². The number of carbonyl (C=O) groups is 1. The maximum absolute atomic E-state index is 13.1. The van der Waals surface area contributed by atoms with Crippen molar-refractivity contribution in [2.24, 2.45) is 0 Å². The fourth-order valence-corrected chi connectivity index (χ4v) is 6.20. The molecule has 2 aromatic rings. The van der Waals surface area contributed by atoms with E-state index >= 15 is 0 Å². The van der Waals surface area contributed by atoms with Crippen molar-refractivity contribution in [2.75, 3.05) is 14.1 Å². The van der Waals surface area contributed by atoms with Gasteiger partial charge in [-0.05, 0) is 100 Å². The van der Waals surface area contributed by atoms with E-state index in [2.05, 4.69) is 15.9 Å². The third-order valence-corrected chi connectivity index (χ3v) is 8.54. The first-order valence-corrected chi connectivity index (χ1v) is 13.2. The lowest BCUT2D eigenvalue weighted by molar-refractivity contribution is -0.118. The molecule has 1 atom stereocenters. The number of fused-ring (bicyclic) bond motifs is 2. The summed E-state index contributed by atoms with van der Waals surface area (Å²) in [6.45, 7) is 2.03. The molecule has 1 fully saturated rings. The Balaban J connectivity index is 1.40. The normalized spacial score (nSPS) is 18.6. The number of nitrogens with one attached hydrogen (secondary N) is 1. The molecule has 0 aliphatic heterocycles. The summed E-state index contributed by atoms with van der Waals surface area (Å²) in [4.78, 5) is 15.0. The molecule has 0 saturated heterocycles. The second-order valence-electron chi connectivity index (χ2n) is 9.77.